The smallest absolute Gasteiger partial charge is 0.161 e. The Morgan fingerprint density at radius 1 is 1.00 bits per heavy atom. The lowest BCUT2D eigenvalue weighted by Crippen LogP contribution is -1.98. The molecule has 0 atom stereocenters. The van der Waals surface area contributed by atoms with E-state index in [1.807, 2.05) is 66.7 Å². The highest BCUT2D eigenvalue weighted by Crippen LogP contribution is 2.28. The summed E-state index contributed by atoms with van der Waals surface area (Å²) in [6.45, 7) is 0.495. The average Bonchev–Trinajstić information content (AvgIpc) is 3.19. The molecule has 3 aromatic carbocycles. The molecule has 0 spiro atoms. The highest BCUT2D eigenvalue weighted by atomic mass is 16.5. The maximum absolute atomic E-state index is 5.89. The quantitative estimate of drug-likeness (QED) is 0.499. The number of aromatic amines is 1. The first kappa shape index (κ1) is 16.8. The molecular formula is C22H19N3O2. The lowest BCUT2D eigenvalue weighted by atomic mass is 10.2. The number of nitrogens with zero attached hydrogens (tertiary/aromatic N) is 2. The van der Waals surface area contributed by atoms with E-state index in [2.05, 4.69) is 15.2 Å². The van der Waals surface area contributed by atoms with Crippen molar-refractivity contribution in [2.24, 2.45) is 4.99 Å². The summed E-state index contributed by atoms with van der Waals surface area (Å²) in [6.07, 6.45) is 3.60. The Kier molecular flexibility index (Phi) is 4.83. The lowest BCUT2D eigenvalue weighted by molar-refractivity contribution is 0.284. The molecule has 134 valence electrons. The highest BCUT2D eigenvalue weighted by molar-refractivity contribution is 5.86. The van der Waals surface area contributed by atoms with E-state index in [1.54, 1.807) is 19.5 Å². The first-order chi connectivity index (χ1) is 13.3. The first-order valence-corrected chi connectivity index (χ1v) is 8.64. The molecule has 5 heteroatoms. The minimum absolute atomic E-state index is 0.495. The van der Waals surface area contributed by atoms with Crippen LogP contribution in [0.25, 0.3) is 10.9 Å². The standard InChI is InChI=1S/C22H19N3O2/c1-26-22-11-17(7-10-21(22)27-15-16-5-3-2-4-6-16)13-23-19-9-8-18-14-24-25-20(18)12-19/h2-14H,15H2,1H3,(H,24,25). The summed E-state index contributed by atoms with van der Waals surface area (Å²) in [7, 11) is 1.64. The molecule has 0 amide bonds. The van der Waals surface area contributed by atoms with Gasteiger partial charge in [0.05, 0.1) is 24.5 Å². The van der Waals surface area contributed by atoms with Crippen molar-refractivity contribution in [2.75, 3.05) is 7.11 Å². The summed E-state index contributed by atoms with van der Waals surface area (Å²) in [5.74, 6) is 1.39. The van der Waals surface area contributed by atoms with Gasteiger partial charge in [-0.25, -0.2) is 0 Å². The van der Waals surface area contributed by atoms with Crippen LogP contribution < -0.4 is 9.47 Å². The SMILES string of the molecule is COc1cc(C=Nc2ccc3cn[nH]c3c2)ccc1OCc1ccccc1. The van der Waals surface area contributed by atoms with Crippen molar-refractivity contribution in [2.45, 2.75) is 6.61 Å². The van der Waals surface area contributed by atoms with Crippen LogP contribution in [0.4, 0.5) is 5.69 Å². The zero-order valence-corrected chi connectivity index (χ0v) is 14.9. The van der Waals surface area contributed by atoms with E-state index in [9.17, 15) is 0 Å². The monoisotopic (exact) mass is 357 g/mol. The minimum Gasteiger partial charge on any atom is -0.493 e. The van der Waals surface area contributed by atoms with Gasteiger partial charge in [-0.15, -0.1) is 0 Å². The molecule has 0 bridgehead atoms. The summed E-state index contributed by atoms with van der Waals surface area (Å²) >= 11 is 0. The zero-order chi connectivity index (χ0) is 18.5. The molecule has 0 fully saturated rings. The number of H-pyrrole nitrogens is 1. The predicted molar refractivity (Wildman–Crippen MR) is 107 cm³/mol. The fraction of sp³-hybridized carbons (Fsp3) is 0.0909. The van der Waals surface area contributed by atoms with E-state index in [4.69, 9.17) is 9.47 Å². The van der Waals surface area contributed by atoms with Gasteiger partial charge >= 0.3 is 0 Å². The minimum atomic E-state index is 0.495. The largest absolute Gasteiger partial charge is 0.493 e. The van der Waals surface area contributed by atoms with E-state index in [0.717, 1.165) is 27.7 Å². The summed E-state index contributed by atoms with van der Waals surface area (Å²) in [6, 6.07) is 21.7. The third kappa shape index (κ3) is 3.98. The van der Waals surface area contributed by atoms with E-state index < -0.39 is 0 Å². The summed E-state index contributed by atoms with van der Waals surface area (Å²) in [5, 5.41) is 8.04. The third-order valence-corrected chi connectivity index (χ3v) is 4.21. The van der Waals surface area contributed by atoms with Gasteiger partial charge in [0.15, 0.2) is 11.5 Å². The second-order valence-corrected chi connectivity index (χ2v) is 6.08. The van der Waals surface area contributed by atoms with Crippen LogP contribution in [0.15, 0.2) is 77.9 Å². The first-order valence-electron chi connectivity index (χ1n) is 8.64. The van der Waals surface area contributed by atoms with Crippen LogP contribution >= 0.6 is 0 Å². The molecule has 0 aliphatic carbocycles. The predicted octanol–water partition coefficient (Wildman–Crippen LogP) is 4.90. The van der Waals surface area contributed by atoms with Crippen molar-refractivity contribution >= 4 is 22.8 Å². The Balaban J connectivity index is 1.50. The van der Waals surface area contributed by atoms with Gasteiger partial charge in [0.25, 0.3) is 0 Å². The number of hydrogen-bond donors (Lipinski definition) is 1. The van der Waals surface area contributed by atoms with Gasteiger partial charge < -0.3 is 9.47 Å². The molecule has 4 aromatic rings. The molecule has 0 aliphatic heterocycles. The zero-order valence-electron chi connectivity index (χ0n) is 14.9. The average molecular weight is 357 g/mol. The molecular weight excluding hydrogens is 338 g/mol. The van der Waals surface area contributed by atoms with Crippen molar-refractivity contribution in [3.8, 4) is 11.5 Å². The molecule has 0 radical (unpaired) electrons. The molecule has 0 saturated heterocycles. The fourth-order valence-electron chi connectivity index (χ4n) is 2.77. The van der Waals surface area contributed by atoms with E-state index in [-0.39, 0.29) is 0 Å². The van der Waals surface area contributed by atoms with Crippen LogP contribution in [0.5, 0.6) is 11.5 Å². The van der Waals surface area contributed by atoms with Crippen LogP contribution in [0.3, 0.4) is 0 Å². The number of hydrogen-bond acceptors (Lipinski definition) is 4. The molecule has 1 heterocycles. The van der Waals surface area contributed by atoms with Crippen molar-refractivity contribution < 1.29 is 9.47 Å². The van der Waals surface area contributed by atoms with Gasteiger partial charge in [-0.05, 0) is 47.5 Å². The van der Waals surface area contributed by atoms with Gasteiger partial charge in [-0.1, -0.05) is 30.3 Å². The number of aromatic nitrogens is 2. The molecule has 1 N–H and O–H groups in total. The van der Waals surface area contributed by atoms with Gasteiger partial charge in [-0.2, -0.15) is 5.10 Å². The molecule has 0 saturated carbocycles. The Labute approximate surface area is 157 Å². The maximum Gasteiger partial charge on any atom is 0.161 e. The maximum atomic E-state index is 5.89. The van der Waals surface area contributed by atoms with Crippen LogP contribution in [0.2, 0.25) is 0 Å². The van der Waals surface area contributed by atoms with Gasteiger partial charge in [0.2, 0.25) is 0 Å². The third-order valence-electron chi connectivity index (χ3n) is 4.21. The van der Waals surface area contributed by atoms with E-state index in [0.29, 0.717) is 18.1 Å². The molecule has 4 rings (SSSR count). The summed E-state index contributed by atoms with van der Waals surface area (Å²) in [4.78, 5) is 4.54. The van der Waals surface area contributed by atoms with Crippen LogP contribution in [-0.4, -0.2) is 23.5 Å². The highest BCUT2D eigenvalue weighted by Gasteiger charge is 2.06. The molecule has 5 nitrogen and oxygen atoms in total. The number of aliphatic imine (C=N–C) groups is 1. The van der Waals surface area contributed by atoms with Crippen molar-refractivity contribution in [1.82, 2.24) is 10.2 Å². The van der Waals surface area contributed by atoms with Gasteiger partial charge in [0.1, 0.15) is 6.61 Å². The Bertz CT molecular complexity index is 1070. The number of ether oxygens (including phenoxy) is 2. The Morgan fingerprint density at radius 3 is 2.74 bits per heavy atom. The van der Waals surface area contributed by atoms with Gasteiger partial charge in [-0.3, -0.25) is 10.1 Å². The summed E-state index contributed by atoms with van der Waals surface area (Å²) in [5.41, 5.74) is 3.87. The van der Waals surface area contributed by atoms with Crippen LogP contribution in [-0.2, 0) is 6.61 Å². The number of rotatable bonds is 6. The second-order valence-electron chi connectivity index (χ2n) is 6.08. The molecule has 1 aromatic heterocycles. The fourth-order valence-corrected chi connectivity index (χ4v) is 2.77. The molecule has 0 unspecified atom stereocenters. The van der Waals surface area contributed by atoms with Gasteiger partial charge in [0, 0.05) is 11.6 Å². The van der Waals surface area contributed by atoms with Crippen molar-refractivity contribution in [1.29, 1.82) is 0 Å². The summed E-state index contributed by atoms with van der Waals surface area (Å²) < 4.78 is 11.4. The van der Waals surface area contributed by atoms with Crippen LogP contribution in [0.1, 0.15) is 11.1 Å². The Hall–Kier alpha value is -3.60. The number of benzene rings is 3. The second kappa shape index (κ2) is 7.74. The van der Waals surface area contributed by atoms with Crippen molar-refractivity contribution in [3.05, 3.63) is 84.1 Å². The molecule has 0 aliphatic rings. The van der Waals surface area contributed by atoms with E-state index in [1.165, 1.54) is 0 Å². The Morgan fingerprint density at radius 2 is 1.89 bits per heavy atom. The number of methoxy groups -OCH3 is 1. The normalized spacial score (nSPS) is 11.1. The topological polar surface area (TPSA) is 59.5 Å². The number of fused-ring (bicyclic) bond motifs is 1. The van der Waals surface area contributed by atoms with Crippen LogP contribution in [0, 0.1) is 0 Å². The van der Waals surface area contributed by atoms with E-state index >= 15 is 0 Å². The van der Waals surface area contributed by atoms with Crippen molar-refractivity contribution in [3.63, 3.8) is 0 Å². The number of nitrogens with one attached hydrogen (secondary N) is 1. The molecule has 27 heavy (non-hydrogen) atoms. The lowest BCUT2D eigenvalue weighted by Gasteiger charge is -2.11.